The molecule has 1 heterocycles. The third kappa shape index (κ3) is 5.78. The average molecular weight is 308 g/mol. The van der Waals surface area contributed by atoms with Crippen LogP contribution in [0.3, 0.4) is 0 Å². The number of rotatable bonds is 8. The summed E-state index contributed by atoms with van der Waals surface area (Å²) in [6, 6.07) is 0. The number of ether oxygens (including phenoxy) is 4. The van der Waals surface area contributed by atoms with Gasteiger partial charge >= 0.3 is 0 Å². The first-order valence-electron chi connectivity index (χ1n) is 7.28. The van der Waals surface area contributed by atoms with Gasteiger partial charge in [-0.25, -0.2) is 0 Å². The summed E-state index contributed by atoms with van der Waals surface area (Å²) in [5, 5.41) is 28.9. The Kier molecular flexibility index (Phi) is 8.04. The highest BCUT2D eigenvalue weighted by molar-refractivity contribution is 4.86. The Morgan fingerprint density at radius 3 is 2.38 bits per heavy atom. The lowest BCUT2D eigenvalue weighted by Gasteiger charge is -2.40. The summed E-state index contributed by atoms with van der Waals surface area (Å²) >= 11 is 0. The highest BCUT2D eigenvalue weighted by atomic mass is 16.7. The molecular formula is C14H28O7. The van der Waals surface area contributed by atoms with E-state index in [2.05, 4.69) is 0 Å². The Morgan fingerprint density at radius 1 is 1.14 bits per heavy atom. The predicted octanol–water partition coefficient (Wildman–Crippen LogP) is -0.482. The Bertz CT molecular complexity index is 284. The zero-order valence-corrected chi connectivity index (χ0v) is 13.1. The molecule has 1 aliphatic rings. The van der Waals surface area contributed by atoms with Crippen molar-refractivity contribution in [2.45, 2.75) is 57.6 Å². The molecule has 0 aromatic carbocycles. The molecule has 1 saturated heterocycles. The standard InChI is InChI=1S/C14H28O7/c1-8(15)5-20-9(2)6-19-7-11-10(3)12(16)13(17)14(18-4)21-11/h8-17H,5-7H2,1-4H3. The summed E-state index contributed by atoms with van der Waals surface area (Å²) in [6.07, 6.45) is -3.85. The van der Waals surface area contributed by atoms with Crippen LogP contribution in [0.2, 0.25) is 0 Å². The summed E-state index contributed by atoms with van der Waals surface area (Å²) in [6.45, 7) is 6.19. The van der Waals surface area contributed by atoms with Crippen molar-refractivity contribution in [3.05, 3.63) is 0 Å². The second-order valence-corrected chi connectivity index (χ2v) is 5.65. The van der Waals surface area contributed by atoms with Crippen LogP contribution in [-0.4, -0.2) is 79.1 Å². The van der Waals surface area contributed by atoms with Gasteiger partial charge in [0.15, 0.2) is 6.29 Å². The van der Waals surface area contributed by atoms with Gasteiger partial charge in [0, 0.05) is 13.0 Å². The minimum absolute atomic E-state index is 0.146. The predicted molar refractivity (Wildman–Crippen MR) is 74.8 cm³/mol. The van der Waals surface area contributed by atoms with Crippen LogP contribution >= 0.6 is 0 Å². The lowest BCUT2D eigenvalue weighted by molar-refractivity contribution is -0.283. The molecule has 7 atom stereocenters. The van der Waals surface area contributed by atoms with Crippen molar-refractivity contribution in [2.24, 2.45) is 5.92 Å². The van der Waals surface area contributed by atoms with Crippen LogP contribution in [0.1, 0.15) is 20.8 Å². The molecular weight excluding hydrogens is 280 g/mol. The molecule has 1 aliphatic heterocycles. The van der Waals surface area contributed by atoms with Gasteiger partial charge in [-0.1, -0.05) is 6.92 Å². The van der Waals surface area contributed by atoms with E-state index in [0.29, 0.717) is 6.61 Å². The van der Waals surface area contributed by atoms with E-state index in [-0.39, 0.29) is 31.3 Å². The SMILES string of the molecule is COC1OC(COCC(C)OCC(C)O)C(C)C(O)C1O. The van der Waals surface area contributed by atoms with E-state index in [1.165, 1.54) is 7.11 Å². The zero-order valence-electron chi connectivity index (χ0n) is 13.1. The average Bonchev–Trinajstić information content (AvgIpc) is 2.45. The molecule has 7 unspecified atom stereocenters. The Labute approximate surface area is 125 Å². The van der Waals surface area contributed by atoms with Crippen LogP contribution in [0.4, 0.5) is 0 Å². The van der Waals surface area contributed by atoms with Gasteiger partial charge in [0.1, 0.15) is 6.10 Å². The number of methoxy groups -OCH3 is 1. The van der Waals surface area contributed by atoms with Crippen molar-refractivity contribution in [2.75, 3.05) is 26.9 Å². The maximum absolute atomic E-state index is 9.95. The molecule has 1 fully saturated rings. The fourth-order valence-corrected chi connectivity index (χ4v) is 2.16. The normalized spacial score (nSPS) is 36.4. The maximum Gasteiger partial charge on any atom is 0.186 e. The first-order chi connectivity index (χ1) is 9.86. The van der Waals surface area contributed by atoms with Gasteiger partial charge in [-0.3, -0.25) is 0 Å². The van der Waals surface area contributed by atoms with Crippen LogP contribution in [0.25, 0.3) is 0 Å². The number of aliphatic hydroxyl groups excluding tert-OH is 3. The first kappa shape index (κ1) is 18.8. The summed E-state index contributed by atoms with van der Waals surface area (Å²) < 4.78 is 21.5. The lowest BCUT2D eigenvalue weighted by Crippen LogP contribution is -2.55. The van der Waals surface area contributed by atoms with E-state index in [0.717, 1.165) is 0 Å². The van der Waals surface area contributed by atoms with Crippen LogP contribution < -0.4 is 0 Å². The van der Waals surface area contributed by atoms with Gasteiger partial charge < -0.3 is 34.3 Å². The number of aliphatic hydroxyl groups is 3. The van der Waals surface area contributed by atoms with E-state index in [1.807, 2.05) is 6.92 Å². The van der Waals surface area contributed by atoms with E-state index in [1.54, 1.807) is 13.8 Å². The molecule has 0 aromatic rings. The molecule has 7 heteroatoms. The molecule has 0 aromatic heterocycles. The highest BCUT2D eigenvalue weighted by Gasteiger charge is 2.42. The summed E-state index contributed by atoms with van der Waals surface area (Å²) in [4.78, 5) is 0. The molecule has 3 N–H and O–H groups in total. The van der Waals surface area contributed by atoms with Crippen molar-refractivity contribution in [3.8, 4) is 0 Å². The van der Waals surface area contributed by atoms with E-state index in [9.17, 15) is 10.2 Å². The first-order valence-corrected chi connectivity index (χ1v) is 7.28. The Morgan fingerprint density at radius 2 is 1.81 bits per heavy atom. The monoisotopic (exact) mass is 308 g/mol. The quantitative estimate of drug-likeness (QED) is 0.557. The maximum atomic E-state index is 9.95. The van der Waals surface area contributed by atoms with E-state index >= 15 is 0 Å². The van der Waals surface area contributed by atoms with Crippen LogP contribution in [0, 0.1) is 5.92 Å². The second-order valence-electron chi connectivity index (χ2n) is 5.65. The third-order valence-corrected chi connectivity index (χ3v) is 3.55. The minimum Gasteiger partial charge on any atom is -0.391 e. The van der Waals surface area contributed by atoms with Gasteiger partial charge in [-0.2, -0.15) is 0 Å². The molecule has 7 nitrogen and oxygen atoms in total. The molecule has 0 saturated carbocycles. The molecule has 1 rings (SSSR count). The number of hydrogen-bond acceptors (Lipinski definition) is 7. The van der Waals surface area contributed by atoms with Gasteiger partial charge in [-0.15, -0.1) is 0 Å². The molecule has 0 spiro atoms. The fourth-order valence-electron chi connectivity index (χ4n) is 2.16. The van der Waals surface area contributed by atoms with Gasteiger partial charge in [0.2, 0.25) is 0 Å². The summed E-state index contributed by atoms with van der Waals surface area (Å²) in [7, 11) is 1.42. The zero-order chi connectivity index (χ0) is 16.0. The minimum atomic E-state index is -1.06. The molecule has 21 heavy (non-hydrogen) atoms. The smallest absolute Gasteiger partial charge is 0.186 e. The van der Waals surface area contributed by atoms with Crippen molar-refractivity contribution < 1.29 is 34.3 Å². The molecule has 0 radical (unpaired) electrons. The van der Waals surface area contributed by atoms with Crippen LogP contribution in [-0.2, 0) is 18.9 Å². The Balaban J connectivity index is 2.33. The lowest BCUT2D eigenvalue weighted by atomic mass is 9.91. The van der Waals surface area contributed by atoms with Crippen molar-refractivity contribution in [1.29, 1.82) is 0 Å². The summed E-state index contributed by atoms with van der Waals surface area (Å²) in [5.41, 5.74) is 0. The molecule has 0 amide bonds. The number of hydrogen-bond donors (Lipinski definition) is 3. The highest BCUT2D eigenvalue weighted by Crippen LogP contribution is 2.26. The molecule has 0 aliphatic carbocycles. The molecule has 126 valence electrons. The van der Waals surface area contributed by atoms with Gasteiger partial charge in [0.05, 0.1) is 44.2 Å². The van der Waals surface area contributed by atoms with Crippen LogP contribution in [0.5, 0.6) is 0 Å². The van der Waals surface area contributed by atoms with Crippen molar-refractivity contribution in [1.82, 2.24) is 0 Å². The van der Waals surface area contributed by atoms with Gasteiger partial charge in [0.25, 0.3) is 0 Å². The van der Waals surface area contributed by atoms with Crippen molar-refractivity contribution >= 4 is 0 Å². The Hall–Kier alpha value is -0.280. The topological polar surface area (TPSA) is 97.6 Å². The van der Waals surface area contributed by atoms with Gasteiger partial charge in [-0.05, 0) is 13.8 Å². The fraction of sp³-hybridized carbons (Fsp3) is 1.00. The van der Waals surface area contributed by atoms with E-state index < -0.39 is 24.6 Å². The third-order valence-electron chi connectivity index (χ3n) is 3.55. The second kappa shape index (κ2) is 8.99. The van der Waals surface area contributed by atoms with Crippen LogP contribution in [0.15, 0.2) is 0 Å². The largest absolute Gasteiger partial charge is 0.391 e. The van der Waals surface area contributed by atoms with E-state index in [4.69, 9.17) is 24.1 Å². The van der Waals surface area contributed by atoms with Crippen molar-refractivity contribution in [3.63, 3.8) is 0 Å². The summed E-state index contributed by atoms with van der Waals surface area (Å²) in [5.74, 6) is -0.264. The molecule has 0 bridgehead atoms.